The topological polar surface area (TPSA) is 170 Å². The quantitative estimate of drug-likeness (QED) is 0.197. The Morgan fingerprint density at radius 2 is 1.83 bits per heavy atom. The van der Waals surface area contributed by atoms with E-state index < -0.39 is 23.1 Å². The van der Waals surface area contributed by atoms with Crippen LogP contribution in [-0.2, 0) is 24.4 Å². The molecule has 2 amide bonds. The highest BCUT2D eigenvalue weighted by atomic mass is 19.1. The molecule has 0 aliphatic rings. The van der Waals surface area contributed by atoms with E-state index in [1.54, 1.807) is 30.5 Å². The Morgan fingerprint density at radius 3 is 2.52 bits per heavy atom. The maximum absolute atomic E-state index is 14.5. The normalized spacial score (nSPS) is 11.1. The molecule has 14 nitrogen and oxygen atoms in total. The minimum atomic E-state index is -0.920. The molecule has 0 aromatic carbocycles. The summed E-state index contributed by atoms with van der Waals surface area (Å²) in [6.45, 7) is 4.08. The molecule has 0 aliphatic carbocycles. The summed E-state index contributed by atoms with van der Waals surface area (Å²) in [4.78, 5) is 80.3. The molecule has 15 heteroatoms. The van der Waals surface area contributed by atoms with Gasteiger partial charge in [-0.3, -0.25) is 33.2 Å². The van der Waals surface area contributed by atoms with Gasteiger partial charge in [-0.15, -0.1) is 0 Å². The molecule has 0 spiro atoms. The van der Waals surface area contributed by atoms with Crippen molar-refractivity contribution in [2.75, 3.05) is 18.0 Å². The number of halogens is 1. The molecule has 0 radical (unpaired) electrons. The average molecular weight is 630 g/mol. The van der Waals surface area contributed by atoms with Crippen molar-refractivity contribution in [3.63, 3.8) is 0 Å². The lowest BCUT2D eigenvalue weighted by Crippen LogP contribution is -2.42. The fourth-order valence-electron chi connectivity index (χ4n) is 5.01. The van der Waals surface area contributed by atoms with Crippen LogP contribution in [0.25, 0.3) is 22.6 Å². The number of nitrogens with zero attached hydrogens (tertiary/aromatic N) is 7. The van der Waals surface area contributed by atoms with Crippen LogP contribution < -0.4 is 27.0 Å². The van der Waals surface area contributed by atoms with Crippen molar-refractivity contribution < 1.29 is 14.0 Å². The van der Waals surface area contributed by atoms with Crippen molar-refractivity contribution in [3.8, 4) is 11.4 Å². The predicted octanol–water partition coefficient (Wildman–Crippen LogP) is 1.93. The minimum Gasteiger partial charge on any atom is -0.355 e. The Hall–Kier alpha value is -5.73. The molecule has 0 bridgehead atoms. The summed E-state index contributed by atoms with van der Waals surface area (Å²) in [5.41, 5.74) is -0.751. The Kier molecular flexibility index (Phi) is 9.59. The van der Waals surface area contributed by atoms with E-state index in [9.17, 15) is 28.4 Å². The molecular weight excluding hydrogens is 597 g/mol. The van der Waals surface area contributed by atoms with Crippen molar-refractivity contribution in [2.24, 2.45) is 0 Å². The number of pyridine rings is 3. The summed E-state index contributed by atoms with van der Waals surface area (Å²) >= 11 is 0. The summed E-state index contributed by atoms with van der Waals surface area (Å²) in [5, 5.41) is 2.59. The lowest BCUT2D eigenvalue weighted by Gasteiger charge is -2.22. The zero-order valence-corrected chi connectivity index (χ0v) is 25.3. The van der Waals surface area contributed by atoms with E-state index in [1.807, 2.05) is 6.92 Å². The van der Waals surface area contributed by atoms with Crippen molar-refractivity contribution in [3.05, 3.63) is 104 Å². The van der Waals surface area contributed by atoms with Crippen molar-refractivity contribution in [2.45, 2.75) is 46.3 Å². The molecule has 5 rings (SSSR count). The number of rotatable bonds is 12. The van der Waals surface area contributed by atoms with Gasteiger partial charge in [-0.05, 0) is 43.2 Å². The number of carbonyl (C=O) groups is 2. The van der Waals surface area contributed by atoms with E-state index in [0.717, 1.165) is 4.57 Å². The van der Waals surface area contributed by atoms with Crippen LogP contribution in [-0.4, -0.2) is 58.5 Å². The number of aromatic nitrogens is 7. The fourth-order valence-corrected chi connectivity index (χ4v) is 5.01. The Bertz CT molecular complexity index is 2060. The lowest BCUT2D eigenvalue weighted by molar-refractivity contribution is -0.119. The van der Waals surface area contributed by atoms with Crippen LogP contribution in [0, 0.1) is 5.95 Å². The number of fused-ring (bicyclic) bond motifs is 1. The van der Waals surface area contributed by atoms with Gasteiger partial charge in [0.05, 0.1) is 5.56 Å². The van der Waals surface area contributed by atoms with Gasteiger partial charge in [0, 0.05) is 69.9 Å². The molecule has 0 saturated carbocycles. The zero-order valence-electron chi connectivity index (χ0n) is 25.3. The van der Waals surface area contributed by atoms with E-state index in [4.69, 9.17) is 0 Å². The third-order valence-corrected chi connectivity index (χ3v) is 7.23. The second-order valence-electron chi connectivity index (χ2n) is 10.4. The fraction of sp³-hybridized carbons (Fsp3) is 0.290. The number of hydrogen-bond donors (Lipinski definition) is 2. The first-order valence-corrected chi connectivity index (χ1v) is 14.7. The van der Waals surface area contributed by atoms with Gasteiger partial charge < -0.3 is 14.9 Å². The van der Waals surface area contributed by atoms with Gasteiger partial charge in [0.1, 0.15) is 17.2 Å². The number of nitrogens with one attached hydrogen (secondary N) is 2. The molecule has 46 heavy (non-hydrogen) atoms. The third kappa shape index (κ3) is 6.67. The highest BCUT2D eigenvalue weighted by molar-refractivity contribution is 6.05. The number of aryl methyl sites for hydroxylation is 2. The summed E-state index contributed by atoms with van der Waals surface area (Å²) in [7, 11) is 0. The molecule has 0 unspecified atom stereocenters. The number of carbonyl (C=O) groups excluding carboxylic acids is 2. The second-order valence-corrected chi connectivity index (χ2v) is 10.4. The summed E-state index contributed by atoms with van der Waals surface area (Å²) in [5.74, 6) is -1.36. The summed E-state index contributed by atoms with van der Waals surface area (Å²) in [6, 6.07) is 10.8. The van der Waals surface area contributed by atoms with Crippen LogP contribution in [0.5, 0.6) is 0 Å². The van der Waals surface area contributed by atoms with Gasteiger partial charge in [0.15, 0.2) is 5.65 Å². The standard InChI is InChI=1S/C31H32FN9O5/c1-3-14-40-28-25(30(45)41(31(40)46)18-13-33-20(2)42)36-27(37-28)21-10-11-23(35-19-21)39(29(44)22-8-6-12-34-26(22)32)17-7-16-38-15-5-4-9-24(38)43/h4-6,8-12,15,19H,3,7,13-14,16-18H2,1-2H3,(H,33,42)(H,36,37). The zero-order chi connectivity index (χ0) is 32.8. The van der Waals surface area contributed by atoms with Crippen molar-refractivity contribution >= 4 is 28.8 Å². The molecule has 5 aromatic rings. The predicted molar refractivity (Wildman–Crippen MR) is 168 cm³/mol. The van der Waals surface area contributed by atoms with Crippen LogP contribution in [0.3, 0.4) is 0 Å². The minimum absolute atomic E-state index is 0.0121. The third-order valence-electron chi connectivity index (χ3n) is 7.23. The second kappa shape index (κ2) is 13.9. The average Bonchev–Trinajstić information content (AvgIpc) is 3.49. The number of aromatic amines is 1. The molecule has 0 atom stereocenters. The number of amides is 2. The Balaban J connectivity index is 1.47. The monoisotopic (exact) mass is 629 g/mol. The SMILES string of the molecule is CCCn1c(=O)n(CCNC(C)=O)c(=O)c2[nH]c(-c3ccc(N(CCCn4ccccc4=O)C(=O)c4cccnc4F)nc3)nc21. The highest BCUT2D eigenvalue weighted by Gasteiger charge is 2.23. The molecule has 0 fully saturated rings. The molecule has 5 heterocycles. The number of H-pyrrole nitrogens is 1. The molecule has 5 aromatic heterocycles. The van der Waals surface area contributed by atoms with Gasteiger partial charge >= 0.3 is 5.69 Å². The summed E-state index contributed by atoms with van der Waals surface area (Å²) < 4.78 is 18.5. The van der Waals surface area contributed by atoms with Gasteiger partial charge in [0.25, 0.3) is 11.5 Å². The van der Waals surface area contributed by atoms with Gasteiger partial charge in [0.2, 0.25) is 17.4 Å². The van der Waals surface area contributed by atoms with Crippen molar-refractivity contribution in [1.29, 1.82) is 0 Å². The van der Waals surface area contributed by atoms with Gasteiger partial charge in [-0.25, -0.2) is 19.7 Å². The van der Waals surface area contributed by atoms with Crippen LogP contribution >= 0.6 is 0 Å². The highest BCUT2D eigenvalue weighted by Crippen LogP contribution is 2.22. The number of imidazole rings is 1. The Labute approximate surface area is 261 Å². The van der Waals surface area contributed by atoms with E-state index in [1.165, 1.54) is 51.6 Å². The number of anilines is 1. The van der Waals surface area contributed by atoms with Crippen LogP contribution in [0.1, 0.15) is 37.0 Å². The number of hydrogen-bond acceptors (Lipinski definition) is 8. The van der Waals surface area contributed by atoms with Crippen LogP contribution in [0.4, 0.5) is 10.2 Å². The first-order valence-electron chi connectivity index (χ1n) is 14.7. The van der Waals surface area contributed by atoms with Crippen LogP contribution in [0.15, 0.2) is 75.4 Å². The Morgan fingerprint density at radius 1 is 1.00 bits per heavy atom. The molecular formula is C31H32FN9O5. The van der Waals surface area contributed by atoms with E-state index in [0.29, 0.717) is 31.5 Å². The maximum atomic E-state index is 14.5. The van der Waals surface area contributed by atoms with Crippen molar-refractivity contribution in [1.82, 2.24) is 39.0 Å². The first-order chi connectivity index (χ1) is 22.2. The van der Waals surface area contributed by atoms with Gasteiger partial charge in [-0.2, -0.15) is 4.39 Å². The smallest absolute Gasteiger partial charge is 0.332 e. The first kappa shape index (κ1) is 31.7. The largest absolute Gasteiger partial charge is 0.355 e. The lowest BCUT2D eigenvalue weighted by atomic mass is 10.2. The maximum Gasteiger partial charge on any atom is 0.332 e. The summed E-state index contributed by atoms with van der Waals surface area (Å²) in [6.07, 6.45) is 5.32. The van der Waals surface area contributed by atoms with E-state index >= 15 is 0 Å². The molecule has 0 saturated heterocycles. The van der Waals surface area contributed by atoms with E-state index in [-0.39, 0.29) is 59.5 Å². The van der Waals surface area contributed by atoms with Crippen LogP contribution in [0.2, 0.25) is 0 Å². The molecule has 238 valence electrons. The molecule has 0 aliphatic heterocycles. The van der Waals surface area contributed by atoms with Gasteiger partial charge in [-0.1, -0.05) is 13.0 Å². The van der Waals surface area contributed by atoms with E-state index in [2.05, 4.69) is 25.3 Å². The molecule has 2 N–H and O–H groups in total.